The Morgan fingerprint density at radius 2 is 1.74 bits per heavy atom. The third-order valence-electron chi connectivity index (χ3n) is 6.21. The van der Waals surface area contributed by atoms with Crippen LogP contribution in [0.3, 0.4) is 0 Å². The number of fused-ring (bicyclic) bond motifs is 2. The fraction of sp³-hybridized carbons (Fsp3) is 0.783. The van der Waals surface area contributed by atoms with E-state index in [0.29, 0.717) is 17.4 Å². The number of carbonyl (C=O) groups excluding carboxylic acids is 1. The van der Waals surface area contributed by atoms with E-state index in [9.17, 15) is 4.79 Å². The van der Waals surface area contributed by atoms with Crippen molar-refractivity contribution in [3.8, 4) is 11.8 Å². The zero-order valence-corrected chi connectivity index (χ0v) is 18.5. The summed E-state index contributed by atoms with van der Waals surface area (Å²) in [6.45, 7) is 21.8. The van der Waals surface area contributed by atoms with Gasteiger partial charge in [-0.2, -0.15) is 0 Å². The van der Waals surface area contributed by atoms with Crippen molar-refractivity contribution in [1.29, 1.82) is 0 Å². The van der Waals surface area contributed by atoms with Crippen molar-refractivity contribution >= 4 is 5.97 Å². The summed E-state index contributed by atoms with van der Waals surface area (Å²) < 4.78 is 5.99. The van der Waals surface area contributed by atoms with E-state index in [0.717, 1.165) is 12.8 Å². The van der Waals surface area contributed by atoms with Crippen molar-refractivity contribution in [1.82, 2.24) is 0 Å². The third kappa shape index (κ3) is 4.58. The summed E-state index contributed by atoms with van der Waals surface area (Å²) in [5, 5.41) is 0. The Balaban J connectivity index is 2.32. The summed E-state index contributed by atoms with van der Waals surface area (Å²) in [4.78, 5) is 23.4. The minimum Gasteiger partial charge on any atom is -0.442 e. The van der Waals surface area contributed by atoms with Gasteiger partial charge in [0.2, 0.25) is 0 Å². The van der Waals surface area contributed by atoms with Gasteiger partial charge in [0, 0.05) is 17.9 Å². The van der Waals surface area contributed by atoms with Gasteiger partial charge in [-0.05, 0) is 65.2 Å². The highest BCUT2D eigenvalue weighted by Gasteiger charge is 2.63. The Bertz CT molecular complexity index is 667. The van der Waals surface area contributed by atoms with Gasteiger partial charge in [-0.3, -0.25) is 0 Å². The van der Waals surface area contributed by atoms with E-state index < -0.39 is 16.8 Å². The Hall–Kier alpha value is -1.31. The molecule has 4 heteroatoms. The number of hydrogen-bond acceptors (Lipinski definition) is 4. The van der Waals surface area contributed by atoms with Crippen LogP contribution < -0.4 is 0 Å². The Morgan fingerprint density at radius 1 is 1.15 bits per heavy atom. The average molecular weight is 377 g/mol. The number of hydrogen-bond donors (Lipinski definition) is 0. The monoisotopic (exact) mass is 376 g/mol. The van der Waals surface area contributed by atoms with Crippen LogP contribution in [0.1, 0.15) is 75.2 Å². The molecule has 2 rings (SSSR count). The van der Waals surface area contributed by atoms with Crippen LogP contribution in [0.25, 0.3) is 0 Å². The molecular weight excluding hydrogens is 340 g/mol. The Kier molecular flexibility index (Phi) is 5.65. The van der Waals surface area contributed by atoms with E-state index >= 15 is 0 Å². The highest BCUT2D eigenvalue weighted by molar-refractivity contribution is 5.87. The van der Waals surface area contributed by atoms with Crippen LogP contribution in [0, 0.1) is 35.0 Å². The second kappa shape index (κ2) is 6.94. The molecule has 2 fully saturated rings. The van der Waals surface area contributed by atoms with Gasteiger partial charge in [-0.15, -0.1) is 0 Å². The maximum absolute atomic E-state index is 12.4. The zero-order valence-electron chi connectivity index (χ0n) is 18.5. The largest absolute Gasteiger partial charge is 0.442 e. The molecule has 0 aromatic carbocycles. The number of ether oxygens (including phenoxy) is 1. The van der Waals surface area contributed by atoms with Gasteiger partial charge in [0.05, 0.1) is 5.60 Å². The van der Waals surface area contributed by atoms with Crippen LogP contribution in [0.4, 0.5) is 0 Å². The van der Waals surface area contributed by atoms with Gasteiger partial charge in [0.1, 0.15) is 0 Å². The van der Waals surface area contributed by atoms with Crippen molar-refractivity contribution in [3.05, 3.63) is 12.2 Å². The first-order valence-corrected chi connectivity index (χ1v) is 9.90. The lowest BCUT2D eigenvalue weighted by Gasteiger charge is -2.44. The lowest BCUT2D eigenvalue weighted by atomic mass is 9.64. The van der Waals surface area contributed by atoms with Crippen molar-refractivity contribution in [2.75, 3.05) is 0 Å². The molecule has 0 saturated heterocycles. The Morgan fingerprint density at radius 3 is 2.19 bits per heavy atom. The number of esters is 1. The summed E-state index contributed by atoms with van der Waals surface area (Å²) >= 11 is 0. The topological polar surface area (TPSA) is 44.8 Å². The van der Waals surface area contributed by atoms with Crippen molar-refractivity contribution in [2.24, 2.45) is 23.2 Å². The second-order valence-corrected chi connectivity index (χ2v) is 10.5. The highest BCUT2D eigenvalue weighted by Crippen LogP contribution is 2.63. The molecule has 2 bridgehead atoms. The van der Waals surface area contributed by atoms with Crippen LogP contribution in [0.15, 0.2) is 12.2 Å². The van der Waals surface area contributed by atoms with Gasteiger partial charge >= 0.3 is 5.97 Å². The molecule has 0 unspecified atom stereocenters. The predicted molar refractivity (Wildman–Crippen MR) is 107 cm³/mol. The Labute approximate surface area is 164 Å². The molecule has 0 aromatic rings. The highest BCUT2D eigenvalue weighted by atomic mass is 17.2. The van der Waals surface area contributed by atoms with Crippen molar-refractivity contribution in [3.63, 3.8) is 0 Å². The van der Waals surface area contributed by atoms with Crippen LogP contribution in [-0.2, 0) is 19.3 Å². The fourth-order valence-electron chi connectivity index (χ4n) is 4.21. The predicted octanol–water partition coefficient (Wildman–Crippen LogP) is 5.08. The molecule has 0 aromatic heterocycles. The summed E-state index contributed by atoms with van der Waals surface area (Å²) in [6, 6.07) is 0. The number of rotatable bonds is 4. The van der Waals surface area contributed by atoms with Crippen LogP contribution in [-0.4, -0.2) is 22.8 Å². The van der Waals surface area contributed by atoms with E-state index in [1.807, 2.05) is 34.6 Å². The summed E-state index contributed by atoms with van der Waals surface area (Å²) in [7, 11) is 0. The summed E-state index contributed by atoms with van der Waals surface area (Å²) in [6.07, 6.45) is 1.79. The van der Waals surface area contributed by atoms with Gasteiger partial charge < -0.3 is 4.74 Å². The average Bonchev–Trinajstić information content (AvgIpc) is 2.99. The van der Waals surface area contributed by atoms with Crippen LogP contribution >= 0.6 is 0 Å². The quantitative estimate of drug-likeness (QED) is 0.226. The summed E-state index contributed by atoms with van der Waals surface area (Å²) in [5.41, 5.74) is -1.38. The minimum absolute atomic E-state index is 0.215. The van der Waals surface area contributed by atoms with E-state index in [-0.39, 0.29) is 17.3 Å². The third-order valence-corrected chi connectivity index (χ3v) is 6.21. The maximum atomic E-state index is 12.4. The van der Waals surface area contributed by atoms with Gasteiger partial charge in [-0.25, -0.2) is 14.6 Å². The molecule has 2 aliphatic rings. The molecule has 0 radical (unpaired) electrons. The zero-order chi connectivity index (χ0) is 20.8. The molecule has 4 nitrogen and oxygen atoms in total. The molecule has 0 heterocycles. The molecule has 0 spiro atoms. The van der Waals surface area contributed by atoms with Crippen LogP contribution in [0.2, 0.25) is 0 Å². The molecule has 2 saturated carbocycles. The van der Waals surface area contributed by atoms with E-state index in [1.165, 1.54) is 0 Å². The van der Waals surface area contributed by atoms with E-state index in [2.05, 4.69) is 39.2 Å². The van der Waals surface area contributed by atoms with E-state index in [1.54, 1.807) is 6.92 Å². The molecule has 152 valence electrons. The maximum Gasteiger partial charge on any atom is 0.334 e. The molecule has 2 aliphatic carbocycles. The second-order valence-electron chi connectivity index (χ2n) is 10.5. The van der Waals surface area contributed by atoms with Crippen LogP contribution in [0.5, 0.6) is 0 Å². The fourth-order valence-corrected chi connectivity index (χ4v) is 4.21. The molecule has 27 heavy (non-hydrogen) atoms. The molecule has 0 amide bonds. The first kappa shape index (κ1) is 22.0. The van der Waals surface area contributed by atoms with Crippen molar-refractivity contribution < 1.29 is 19.3 Å². The summed E-state index contributed by atoms with van der Waals surface area (Å²) in [5.74, 6) is 7.25. The lowest BCUT2D eigenvalue weighted by molar-refractivity contribution is -0.384. The lowest BCUT2D eigenvalue weighted by Crippen LogP contribution is -2.47. The molecule has 0 N–H and O–H groups in total. The standard InChI is InChI=1S/C23H36O4/c1-15(2)19(24)25-23(12-11-21(7,8)27-26-20(4,5)6)14-17-13-18(23)16(3)22(17,9)10/h16-18H,1,13-14H2,2-10H3/t16-,17+,18-,23+/m1/s1. The SMILES string of the molecule is C=C(C)C(=O)O[C@@]1(C#CC(C)(C)OOC(C)(C)C)C[C@@H]2C[C@@H]1[C@@H](C)C2(C)C. The first-order valence-electron chi connectivity index (χ1n) is 9.90. The van der Waals surface area contributed by atoms with Gasteiger partial charge in [-0.1, -0.05) is 39.2 Å². The smallest absolute Gasteiger partial charge is 0.334 e. The molecule has 0 aliphatic heterocycles. The minimum atomic E-state index is -0.809. The molecule has 4 atom stereocenters. The number of carbonyl (C=O) groups is 1. The first-order chi connectivity index (χ1) is 12.1. The van der Waals surface area contributed by atoms with Crippen molar-refractivity contribution in [2.45, 2.75) is 92.0 Å². The van der Waals surface area contributed by atoms with E-state index in [4.69, 9.17) is 14.5 Å². The van der Waals surface area contributed by atoms with Gasteiger partial charge in [0.15, 0.2) is 11.2 Å². The van der Waals surface area contributed by atoms with Gasteiger partial charge in [0.25, 0.3) is 0 Å². The normalized spacial score (nSPS) is 32.0. The molecular formula is C23H36O4.